The summed E-state index contributed by atoms with van der Waals surface area (Å²) in [5.41, 5.74) is 0.942. The molecule has 3 heterocycles. The van der Waals surface area contributed by atoms with E-state index in [0.29, 0.717) is 24.4 Å². The Morgan fingerprint density at radius 3 is 2.81 bits per heavy atom. The molecule has 8 heteroatoms. The third-order valence-corrected chi connectivity index (χ3v) is 5.10. The maximum Gasteiger partial charge on any atom is 0.316 e. The van der Waals surface area contributed by atoms with Crippen molar-refractivity contribution < 1.29 is 23.6 Å². The molecule has 1 aromatic heterocycles. The molecule has 7 nitrogen and oxygen atoms in total. The second-order valence-electron chi connectivity index (χ2n) is 6.49. The molecule has 0 radical (unpaired) electrons. The van der Waals surface area contributed by atoms with E-state index in [9.17, 15) is 9.59 Å². The fourth-order valence-corrected chi connectivity index (χ4v) is 3.75. The highest BCUT2D eigenvalue weighted by Gasteiger charge is 2.58. The van der Waals surface area contributed by atoms with Crippen LogP contribution in [0.1, 0.15) is 10.4 Å². The highest BCUT2D eigenvalue weighted by atomic mass is 35.5. The second kappa shape index (κ2) is 7.09. The minimum absolute atomic E-state index is 0. The predicted molar refractivity (Wildman–Crippen MR) is 93.8 cm³/mol. The molecule has 2 atom stereocenters. The van der Waals surface area contributed by atoms with Crippen LogP contribution < -0.4 is 0 Å². The van der Waals surface area contributed by atoms with Gasteiger partial charge in [-0.15, -0.1) is 12.4 Å². The number of ether oxygens (including phenoxy) is 2. The van der Waals surface area contributed by atoms with Crippen molar-refractivity contribution in [3.05, 3.63) is 42.2 Å². The first-order valence-electron chi connectivity index (χ1n) is 8.11. The fraction of sp³-hybridized carbons (Fsp3) is 0.389. The van der Waals surface area contributed by atoms with Gasteiger partial charge in [-0.25, -0.2) is 0 Å². The molecular weight excluding hydrogens is 360 g/mol. The van der Waals surface area contributed by atoms with Crippen LogP contribution in [0.4, 0.5) is 0 Å². The molecule has 0 N–H and O–H groups in total. The zero-order chi connectivity index (χ0) is 17.4. The molecular formula is C18H19ClN2O5. The van der Waals surface area contributed by atoms with Gasteiger partial charge in [-0.2, -0.15) is 0 Å². The van der Waals surface area contributed by atoms with Crippen LogP contribution in [0.15, 0.2) is 41.1 Å². The number of hydrogen-bond acceptors (Lipinski definition) is 6. The molecule has 2 fully saturated rings. The van der Waals surface area contributed by atoms with Gasteiger partial charge in [0.1, 0.15) is 22.9 Å². The molecule has 0 saturated carbocycles. The number of nitrogens with zero attached hydrogens (tertiary/aromatic N) is 2. The lowest BCUT2D eigenvalue weighted by Gasteiger charge is -2.23. The average molecular weight is 379 g/mol. The Balaban J connectivity index is 0.00000196. The van der Waals surface area contributed by atoms with Gasteiger partial charge >= 0.3 is 5.97 Å². The smallest absolute Gasteiger partial charge is 0.316 e. The number of amides is 1. The zero-order valence-corrected chi connectivity index (χ0v) is 15.0. The fourth-order valence-electron chi connectivity index (χ4n) is 3.75. The number of fused-ring (bicyclic) bond motifs is 1. The minimum Gasteiger partial charge on any atom is -0.468 e. The summed E-state index contributed by atoms with van der Waals surface area (Å²) in [5.74, 6) is -0.569. The van der Waals surface area contributed by atoms with Gasteiger partial charge in [-0.05, 0) is 0 Å². The first kappa shape index (κ1) is 18.4. The van der Waals surface area contributed by atoms with Gasteiger partial charge in [0.2, 0.25) is 0 Å². The van der Waals surface area contributed by atoms with Gasteiger partial charge < -0.3 is 18.9 Å². The molecule has 4 rings (SSSR count). The second-order valence-corrected chi connectivity index (χ2v) is 6.49. The molecule has 2 aliphatic rings. The van der Waals surface area contributed by atoms with Crippen LogP contribution in [-0.2, 0) is 14.3 Å². The summed E-state index contributed by atoms with van der Waals surface area (Å²) in [5, 5.41) is 3.98. The number of halogens is 1. The number of esters is 1. The van der Waals surface area contributed by atoms with Crippen LogP contribution in [0.3, 0.4) is 0 Å². The molecule has 0 bridgehead atoms. The molecule has 1 amide bonds. The summed E-state index contributed by atoms with van der Waals surface area (Å²) in [6.45, 7) is 1.47. The Hall–Kier alpha value is -2.38. The summed E-state index contributed by atoms with van der Waals surface area (Å²) in [6.07, 6.45) is 1.36. The van der Waals surface area contributed by atoms with Crippen LogP contribution in [-0.4, -0.2) is 55.3 Å². The number of hydrogen-bond donors (Lipinski definition) is 0. The van der Waals surface area contributed by atoms with Gasteiger partial charge in [-0.1, -0.05) is 35.5 Å². The molecule has 1 aromatic carbocycles. The summed E-state index contributed by atoms with van der Waals surface area (Å²) >= 11 is 0. The molecule has 0 aliphatic carbocycles. The average Bonchev–Trinajstić information content (AvgIpc) is 3.35. The molecule has 0 spiro atoms. The largest absolute Gasteiger partial charge is 0.468 e. The highest BCUT2D eigenvalue weighted by molar-refractivity contribution is 6.00. The van der Waals surface area contributed by atoms with Crippen LogP contribution in [0, 0.1) is 11.3 Å². The Kier molecular flexibility index (Phi) is 5.02. The topological polar surface area (TPSA) is 81.9 Å². The monoisotopic (exact) mass is 378 g/mol. The van der Waals surface area contributed by atoms with Crippen molar-refractivity contribution in [3.8, 4) is 11.3 Å². The molecule has 2 saturated heterocycles. The van der Waals surface area contributed by atoms with Crippen LogP contribution in [0.2, 0.25) is 0 Å². The van der Waals surface area contributed by atoms with E-state index in [-0.39, 0.29) is 43.4 Å². The molecule has 26 heavy (non-hydrogen) atoms. The van der Waals surface area contributed by atoms with Crippen molar-refractivity contribution in [2.45, 2.75) is 0 Å². The van der Waals surface area contributed by atoms with Crippen molar-refractivity contribution in [3.63, 3.8) is 0 Å². The number of methoxy groups -OCH3 is 1. The van der Waals surface area contributed by atoms with Crippen LogP contribution in [0.25, 0.3) is 11.3 Å². The number of carbonyl (C=O) groups excluding carboxylic acids is 2. The molecule has 138 valence electrons. The van der Waals surface area contributed by atoms with Gasteiger partial charge in [0.15, 0.2) is 0 Å². The van der Waals surface area contributed by atoms with E-state index in [4.69, 9.17) is 14.0 Å². The van der Waals surface area contributed by atoms with Crippen molar-refractivity contribution in [1.29, 1.82) is 0 Å². The summed E-state index contributed by atoms with van der Waals surface area (Å²) < 4.78 is 15.5. The standard InChI is InChI=1S/C18H18N2O5.ClH/c1-23-17(22)18-10-20(7-13(18)8-24-11-18)16(21)14-9-25-19-15(14)12-5-3-2-4-6-12;/h2-6,9,13H,7-8,10-11H2,1H3;1H/t13-,18-;/m0./s1. The zero-order valence-electron chi connectivity index (χ0n) is 14.2. The number of likely N-dealkylation sites (tertiary alicyclic amines) is 1. The molecule has 2 aliphatic heterocycles. The van der Waals surface area contributed by atoms with Crippen LogP contribution in [0.5, 0.6) is 0 Å². The predicted octanol–water partition coefficient (Wildman–Crippen LogP) is 2.02. The SMILES string of the molecule is COC(=O)[C@@]12COC[C@@H]1CN(C(=O)c1conc1-c1ccccc1)C2.Cl. The lowest BCUT2D eigenvalue weighted by atomic mass is 9.81. The number of carbonyl (C=O) groups is 2. The maximum absolute atomic E-state index is 13.0. The van der Waals surface area contributed by atoms with E-state index in [2.05, 4.69) is 5.16 Å². The van der Waals surface area contributed by atoms with Crippen LogP contribution >= 0.6 is 12.4 Å². The quantitative estimate of drug-likeness (QED) is 0.760. The molecule has 0 unspecified atom stereocenters. The van der Waals surface area contributed by atoms with E-state index in [1.54, 1.807) is 4.90 Å². The van der Waals surface area contributed by atoms with Crippen molar-refractivity contribution >= 4 is 24.3 Å². The van der Waals surface area contributed by atoms with E-state index < -0.39 is 5.41 Å². The van der Waals surface area contributed by atoms with E-state index in [1.807, 2.05) is 30.3 Å². The number of aromatic nitrogens is 1. The van der Waals surface area contributed by atoms with Crippen molar-refractivity contribution in [2.75, 3.05) is 33.4 Å². The lowest BCUT2D eigenvalue weighted by Crippen LogP contribution is -2.41. The minimum atomic E-state index is -0.769. The van der Waals surface area contributed by atoms with Crippen molar-refractivity contribution in [2.24, 2.45) is 11.3 Å². The van der Waals surface area contributed by atoms with Gasteiger partial charge in [-0.3, -0.25) is 9.59 Å². The first-order valence-corrected chi connectivity index (χ1v) is 8.11. The Labute approximate surface area is 156 Å². The van der Waals surface area contributed by atoms with E-state index >= 15 is 0 Å². The maximum atomic E-state index is 13.0. The summed E-state index contributed by atoms with van der Waals surface area (Å²) in [4.78, 5) is 27.0. The number of rotatable bonds is 3. The van der Waals surface area contributed by atoms with E-state index in [1.165, 1.54) is 13.4 Å². The number of benzene rings is 1. The molecule has 2 aromatic rings. The highest BCUT2D eigenvalue weighted by Crippen LogP contribution is 2.43. The summed E-state index contributed by atoms with van der Waals surface area (Å²) in [7, 11) is 1.37. The van der Waals surface area contributed by atoms with Gasteiger partial charge in [0.05, 0.1) is 20.3 Å². The normalized spacial score (nSPS) is 24.0. The van der Waals surface area contributed by atoms with Gasteiger partial charge in [0, 0.05) is 24.6 Å². The first-order chi connectivity index (χ1) is 12.2. The van der Waals surface area contributed by atoms with Crippen molar-refractivity contribution in [1.82, 2.24) is 10.1 Å². The van der Waals surface area contributed by atoms with E-state index in [0.717, 1.165) is 5.56 Å². The van der Waals surface area contributed by atoms with Gasteiger partial charge in [0.25, 0.3) is 5.91 Å². The summed E-state index contributed by atoms with van der Waals surface area (Å²) in [6, 6.07) is 9.39. The Morgan fingerprint density at radius 1 is 1.31 bits per heavy atom. The Bertz CT molecular complexity index is 809. The Morgan fingerprint density at radius 2 is 2.08 bits per heavy atom. The third-order valence-electron chi connectivity index (χ3n) is 5.10. The lowest BCUT2D eigenvalue weighted by molar-refractivity contribution is -0.153. The third kappa shape index (κ3) is 2.77.